The third-order valence-corrected chi connectivity index (χ3v) is 5.05. The molecule has 3 rings (SSSR count). The Morgan fingerprint density at radius 2 is 1.61 bits per heavy atom. The molecule has 1 aliphatic heterocycles. The average molecular weight is 401 g/mol. The fourth-order valence-corrected chi connectivity index (χ4v) is 3.35. The first-order valence-electron chi connectivity index (χ1n) is 9.05. The van der Waals surface area contributed by atoms with Crippen LogP contribution in [0, 0.1) is 5.92 Å². The summed E-state index contributed by atoms with van der Waals surface area (Å²) < 4.78 is 5.40. The molecule has 2 aromatic rings. The smallest absolute Gasteiger partial charge is 0.310 e. The molecular formula is C21H21ClN2O4. The van der Waals surface area contributed by atoms with Crippen molar-refractivity contribution in [2.24, 2.45) is 11.7 Å². The molecule has 1 atom stereocenters. The number of esters is 1. The van der Waals surface area contributed by atoms with Gasteiger partial charge in [-0.1, -0.05) is 41.9 Å². The number of halogens is 1. The molecule has 1 fully saturated rings. The Labute approximate surface area is 168 Å². The van der Waals surface area contributed by atoms with Gasteiger partial charge < -0.3 is 15.4 Å². The topological polar surface area (TPSA) is 89.7 Å². The Morgan fingerprint density at radius 1 is 1.00 bits per heavy atom. The number of carbonyl (C=O) groups is 3. The number of carbonyl (C=O) groups excluding carboxylic acids is 3. The Hall–Kier alpha value is -2.86. The van der Waals surface area contributed by atoms with E-state index in [1.54, 1.807) is 59.5 Å². The number of piperidine rings is 1. The lowest BCUT2D eigenvalue weighted by Gasteiger charge is -2.31. The summed E-state index contributed by atoms with van der Waals surface area (Å²) in [5, 5.41) is 0.570. The van der Waals surface area contributed by atoms with Crippen molar-refractivity contribution < 1.29 is 19.1 Å². The van der Waals surface area contributed by atoms with Crippen molar-refractivity contribution >= 4 is 29.4 Å². The number of hydrogen-bond donors (Lipinski definition) is 1. The summed E-state index contributed by atoms with van der Waals surface area (Å²) in [6, 6.07) is 15.4. The van der Waals surface area contributed by atoms with Crippen LogP contribution in [0.3, 0.4) is 0 Å². The normalized spacial score (nSPS) is 15.7. The first-order chi connectivity index (χ1) is 13.5. The summed E-state index contributed by atoms with van der Waals surface area (Å²) >= 11 is 5.85. The predicted octanol–water partition coefficient (Wildman–Crippen LogP) is 2.96. The van der Waals surface area contributed by atoms with Gasteiger partial charge in [-0.05, 0) is 37.1 Å². The summed E-state index contributed by atoms with van der Waals surface area (Å²) in [6.07, 6.45) is -0.168. The summed E-state index contributed by atoms with van der Waals surface area (Å²) in [5.41, 5.74) is 6.50. The zero-order chi connectivity index (χ0) is 20.1. The van der Waals surface area contributed by atoms with Crippen molar-refractivity contribution in [3.8, 4) is 0 Å². The molecule has 0 aromatic heterocycles. The standard InChI is InChI=1S/C21H21ClN2O4/c22-17-8-6-15(7-9-17)20(26)24-12-10-16(11-13-24)21(27)28-18(19(23)25)14-4-2-1-3-5-14/h1-9,16,18H,10-13H2,(H2,23,25). The van der Waals surface area contributed by atoms with Crippen LogP contribution in [0.4, 0.5) is 0 Å². The van der Waals surface area contributed by atoms with Crippen molar-refractivity contribution in [1.82, 2.24) is 4.90 Å². The molecule has 7 heteroatoms. The van der Waals surface area contributed by atoms with E-state index >= 15 is 0 Å². The second-order valence-electron chi connectivity index (χ2n) is 6.70. The third kappa shape index (κ3) is 4.70. The molecule has 0 saturated carbocycles. The number of ether oxygens (including phenoxy) is 1. The maximum Gasteiger partial charge on any atom is 0.310 e. The number of nitrogens with two attached hydrogens (primary N) is 1. The van der Waals surface area contributed by atoms with E-state index in [1.807, 2.05) is 0 Å². The van der Waals surface area contributed by atoms with Crippen molar-refractivity contribution in [3.05, 3.63) is 70.7 Å². The molecule has 2 aromatic carbocycles. The molecule has 146 valence electrons. The van der Waals surface area contributed by atoms with E-state index in [1.165, 1.54) is 0 Å². The van der Waals surface area contributed by atoms with Crippen LogP contribution in [0.5, 0.6) is 0 Å². The number of hydrogen-bond acceptors (Lipinski definition) is 4. The zero-order valence-electron chi connectivity index (χ0n) is 15.2. The maximum atomic E-state index is 12.5. The largest absolute Gasteiger partial charge is 0.447 e. The molecule has 0 radical (unpaired) electrons. The van der Waals surface area contributed by atoms with Gasteiger partial charge in [0.05, 0.1) is 5.92 Å². The summed E-state index contributed by atoms with van der Waals surface area (Å²) in [5.74, 6) is -1.65. The lowest BCUT2D eigenvalue weighted by molar-refractivity contribution is -0.160. The van der Waals surface area contributed by atoms with Crippen LogP contribution in [-0.4, -0.2) is 35.8 Å². The number of primary amides is 1. The van der Waals surface area contributed by atoms with Gasteiger partial charge in [0.15, 0.2) is 0 Å². The maximum absolute atomic E-state index is 12.5. The minimum absolute atomic E-state index is 0.0946. The minimum Gasteiger partial charge on any atom is -0.447 e. The Morgan fingerprint density at radius 3 is 2.18 bits per heavy atom. The predicted molar refractivity (Wildman–Crippen MR) is 105 cm³/mol. The Bertz CT molecular complexity index is 846. The average Bonchev–Trinajstić information content (AvgIpc) is 2.72. The zero-order valence-corrected chi connectivity index (χ0v) is 16.0. The molecule has 1 unspecified atom stereocenters. The molecular weight excluding hydrogens is 380 g/mol. The van der Waals surface area contributed by atoms with E-state index in [2.05, 4.69) is 0 Å². The van der Waals surface area contributed by atoms with Crippen molar-refractivity contribution in [3.63, 3.8) is 0 Å². The van der Waals surface area contributed by atoms with Gasteiger partial charge >= 0.3 is 5.97 Å². The van der Waals surface area contributed by atoms with Gasteiger partial charge in [0.1, 0.15) is 0 Å². The molecule has 1 aliphatic rings. The van der Waals surface area contributed by atoms with E-state index < -0.39 is 18.0 Å². The van der Waals surface area contributed by atoms with Crippen LogP contribution in [0.2, 0.25) is 5.02 Å². The molecule has 28 heavy (non-hydrogen) atoms. The molecule has 6 nitrogen and oxygen atoms in total. The van der Waals surface area contributed by atoms with Crippen LogP contribution in [0.25, 0.3) is 0 Å². The molecule has 1 heterocycles. The molecule has 0 aliphatic carbocycles. The van der Waals surface area contributed by atoms with Gasteiger partial charge in [0, 0.05) is 29.2 Å². The third-order valence-electron chi connectivity index (χ3n) is 4.80. The van der Waals surface area contributed by atoms with E-state index in [0.29, 0.717) is 42.1 Å². The SMILES string of the molecule is NC(=O)C(OC(=O)C1CCN(C(=O)c2ccc(Cl)cc2)CC1)c1ccccc1. The molecule has 2 N–H and O–H groups in total. The highest BCUT2D eigenvalue weighted by atomic mass is 35.5. The fourth-order valence-electron chi connectivity index (χ4n) is 3.22. The van der Waals surface area contributed by atoms with Gasteiger partial charge in [-0.15, -0.1) is 0 Å². The number of benzene rings is 2. The highest BCUT2D eigenvalue weighted by molar-refractivity contribution is 6.30. The van der Waals surface area contributed by atoms with Gasteiger partial charge in [-0.25, -0.2) is 0 Å². The Kier molecular flexibility index (Phi) is 6.31. The van der Waals surface area contributed by atoms with Crippen LogP contribution >= 0.6 is 11.6 Å². The molecule has 1 saturated heterocycles. The number of likely N-dealkylation sites (tertiary alicyclic amines) is 1. The van der Waals surface area contributed by atoms with Gasteiger partial charge in [-0.2, -0.15) is 0 Å². The van der Waals surface area contributed by atoms with Crippen molar-refractivity contribution in [1.29, 1.82) is 0 Å². The molecule has 2 amide bonds. The van der Waals surface area contributed by atoms with Crippen LogP contribution in [-0.2, 0) is 14.3 Å². The van der Waals surface area contributed by atoms with Gasteiger partial charge in [-0.3, -0.25) is 14.4 Å². The first-order valence-corrected chi connectivity index (χ1v) is 9.43. The lowest BCUT2D eigenvalue weighted by Crippen LogP contribution is -2.41. The number of nitrogens with zero attached hydrogens (tertiary/aromatic N) is 1. The summed E-state index contributed by atoms with van der Waals surface area (Å²) in [4.78, 5) is 38.5. The number of amides is 2. The molecule has 0 bridgehead atoms. The number of rotatable bonds is 5. The molecule has 0 spiro atoms. The lowest BCUT2D eigenvalue weighted by atomic mass is 9.96. The van der Waals surface area contributed by atoms with Crippen LogP contribution in [0.1, 0.15) is 34.9 Å². The summed E-state index contributed by atoms with van der Waals surface area (Å²) in [6.45, 7) is 0.877. The quantitative estimate of drug-likeness (QED) is 0.781. The monoisotopic (exact) mass is 400 g/mol. The fraction of sp³-hybridized carbons (Fsp3) is 0.286. The summed E-state index contributed by atoms with van der Waals surface area (Å²) in [7, 11) is 0. The second kappa shape index (κ2) is 8.89. The minimum atomic E-state index is -1.11. The highest BCUT2D eigenvalue weighted by Gasteiger charge is 2.32. The Balaban J connectivity index is 1.58. The van der Waals surface area contributed by atoms with E-state index in [-0.39, 0.29) is 11.8 Å². The van der Waals surface area contributed by atoms with Gasteiger partial charge in [0.25, 0.3) is 11.8 Å². The van der Waals surface area contributed by atoms with Crippen molar-refractivity contribution in [2.45, 2.75) is 18.9 Å². The van der Waals surface area contributed by atoms with Crippen LogP contribution < -0.4 is 5.73 Å². The van der Waals surface area contributed by atoms with E-state index in [0.717, 1.165) is 0 Å². The van der Waals surface area contributed by atoms with E-state index in [4.69, 9.17) is 22.1 Å². The second-order valence-corrected chi connectivity index (χ2v) is 7.14. The van der Waals surface area contributed by atoms with Crippen molar-refractivity contribution in [2.75, 3.05) is 13.1 Å². The highest BCUT2D eigenvalue weighted by Crippen LogP contribution is 2.25. The first kappa shape index (κ1) is 19.9. The van der Waals surface area contributed by atoms with Gasteiger partial charge in [0.2, 0.25) is 6.10 Å². The van der Waals surface area contributed by atoms with Crippen LogP contribution in [0.15, 0.2) is 54.6 Å². The van der Waals surface area contributed by atoms with E-state index in [9.17, 15) is 14.4 Å².